The first kappa shape index (κ1) is 20.1. The van der Waals surface area contributed by atoms with Crippen LogP contribution in [0.25, 0.3) is 5.57 Å². The van der Waals surface area contributed by atoms with Gasteiger partial charge in [-0.1, -0.05) is 29.8 Å². The van der Waals surface area contributed by atoms with Gasteiger partial charge < -0.3 is 14.0 Å². The normalized spacial score (nSPS) is 26.8. The molecular weight excluding hydrogens is 369 g/mol. The molecule has 4 nitrogen and oxygen atoms in total. The van der Waals surface area contributed by atoms with Crippen LogP contribution in [-0.4, -0.2) is 37.3 Å². The van der Waals surface area contributed by atoms with E-state index in [9.17, 15) is 4.79 Å². The van der Waals surface area contributed by atoms with Gasteiger partial charge in [-0.15, -0.1) is 0 Å². The van der Waals surface area contributed by atoms with Crippen LogP contribution in [0.3, 0.4) is 0 Å². The average Bonchev–Trinajstić information content (AvgIpc) is 2.82. The van der Waals surface area contributed by atoms with E-state index in [1.165, 1.54) is 7.11 Å². The molecule has 1 aromatic carbocycles. The van der Waals surface area contributed by atoms with Gasteiger partial charge in [0.15, 0.2) is 11.9 Å². The summed E-state index contributed by atoms with van der Waals surface area (Å²) in [4.78, 5) is 11.8. The van der Waals surface area contributed by atoms with E-state index in [0.29, 0.717) is 22.4 Å². The minimum atomic E-state index is -2.21. The Hall–Kier alpha value is -1.63. The van der Waals surface area contributed by atoms with E-state index in [2.05, 4.69) is 0 Å². The number of allylic oxidation sites excluding steroid dienone is 3. The molecule has 0 saturated carbocycles. The van der Waals surface area contributed by atoms with Gasteiger partial charge in [0.2, 0.25) is 0 Å². The molecule has 2 aliphatic rings. The molecule has 1 heterocycles. The Labute approximate surface area is 164 Å². The molecule has 0 N–H and O–H groups in total. The first-order chi connectivity index (χ1) is 12.6. The van der Waals surface area contributed by atoms with Crippen molar-refractivity contribution in [2.45, 2.75) is 50.9 Å². The molecule has 1 aliphatic carbocycles. The molecule has 1 unspecified atom stereocenters. The van der Waals surface area contributed by atoms with Crippen molar-refractivity contribution in [1.82, 2.24) is 0 Å². The summed E-state index contributed by atoms with van der Waals surface area (Å²) in [6.07, 6.45) is 2.01. The predicted octanol–water partition coefficient (Wildman–Crippen LogP) is 4.57. The predicted molar refractivity (Wildman–Crippen MR) is 104 cm³/mol. The van der Waals surface area contributed by atoms with Gasteiger partial charge in [-0.3, -0.25) is 4.79 Å². The van der Waals surface area contributed by atoms with E-state index in [4.69, 9.17) is 25.6 Å². The summed E-state index contributed by atoms with van der Waals surface area (Å²) in [5.74, 6) is 0.142. The molecule has 1 aromatic rings. The number of hydrogen-bond acceptors (Lipinski definition) is 4. The second-order valence-electron chi connectivity index (χ2n) is 7.88. The van der Waals surface area contributed by atoms with Crippen LogP contribution in [0.15, 0.2) is 41.7 Å². The van der Waals surface area contributed by atoms with Crippen LogP contribution in [0, 0.1) is 0 Å². The third-order valence-corrected chi connectivity index (χ3v) is 5.98. The highest BCUT2D eigenvalue weighted by atomic mass is 35.5. The van der Waals surface area contributed by atoms with E-state index < -0.39 is 23.9 Å². The highest BCUT2D eigenvalue weighted by molar-refractivity contribution is 6.51. The zero-order valence-electron chi connectivity index (χ0n) is 16.1. The third-order valence-electron chi connectivity index (χ3n) is 5.65. The Bertz CT molecular complexity index is 817. The zero-order valence-corrected chi connectivity index (χ0v) is 16.9. The van der Waals surface area contributed by atoms with Gasteiger partial charge in [0.1, 0.15) is 5.76 Å². The number of benzene rings is 1. The molecule has 1 saturated heterocycles. The second-order valence-corrected chi connectivity index (χ2v) is 8.28. The molecule has 1 atom stereocenters. The molecule has 27 heavy (non-hydrogen) atoms. The second kappa shape index (κ2) is 6.76. The van der Waals surface area contributed by atoms with Gasteiger partial charge in [-0.05, 0) is 51.0 Å². The summed E-state index contributed by atoms with van der Waals surface area (Å²) in [6, 6.07) is 7.16. The summed E-state index contributed by atoms with van der Waals surface area (Å²) in [5.41, 5.74) is -2.51. The molecule has 0 radical (unpaired) electrons. The van der Waals surface area contributed by atoms with Crippen LogP contribution in [0.1, 0.15) is 39.7 Å². The highest BCUT2D eigenvalue weighted by Crippen LogP contribution is 2.48. The maximum absolute atomic E-state index is 16.4. The minimum absolute atomic E-state index is 0.117. The maximum atomic E-state index is 16.4. The molecule has 0 spiro atoms. The summed E-state index contributed by atoms with van der Waals surface area (Å²) in [5, 5.41) is 0.491. The largest absolute Gasteiger partial charge is 0.503 e. The van der Waals surface area contributed by atoms with Gasteiger partial charge in [0.25, 0.3) is 0 Å². The molecular formula is C20H23BClFO4. The molecule has 7 heteroatoms. The lowest BCUT2D eigenvalue weighted by atomic mass is 9.59. The van der Waals surface area contributed by atoms with Crippen molar-refractivity contribution in [3.05, 3.63) is 52.3 Å². The van der Waals surface area contributed by atoms with Crippen molar-refractivity contribution in [2.75, 3.05) is 7.11 Å². The van der Waals surface area contributed by atoms with Crippen LogP contribution < -0.4 is 0 Å². The van der Waals surface area contributed by atoms with Crippen molar-refractivity contribution < 1.29 is 23.2 Å². The average molecular weight is 393 g/mol. The topological polar surface area (TPSA) is 44.8 Å². The number of carbonyl (C=O) groups is 1. The monoisotopic (exact) mass is 392 g/mol. The number of alkyl halides is 1. The number of hydrogen-bond donors (Lipinski definition) is 0. The summed E-state index contributed by atoms with van der Waals surface area (Å²) < 4.78 is 33.6. The standard InChI is InChI=1S/C20H23BClFO4/c1-18(2)19(3,4)27-21(26-18)20(23)11-13(10-17(25-5)15(20)12-24)14-8-6-7-9-16(14)22/h6-10,12H,11H2,1-5H3. The van der Waals surface area contributed by atoms with Crippen molar-refractivity contribution in [3.63, 3.8) is 0 Å². The Kier molecular flexibility index (Phi) is 5.04. The van der Waals surface area contributed by atoms with Crippen LogP contribution in [-0.2, 0) is 18.8 Å². The van der Waals surface area contributed by atoms with E-state index in [1.807, 2.05) is 33.8 Å². The van der Waals surface area contributed by atoms with Crippen molar-refractivity contribution in [1.29, 1.82) is 0 Å². The van der Waals surface area contributed by atoms with E-state index >= 15 is 4.39 Å². The number of carbonyl (C=O) groups excluding carboxylic acids is 1. The third kappa shape index (κ3) is 3.24. The Morgan fingerprint density at radius 1 is 1.19 bits per heavy atom. The van der Waals surface area contributed by atoms with Crippen molar-refractivity contribution >= 4 is 30.6 Å². The van der Waals surface area contributed by atoms with Gasteiger partial charge >= 0.3 is 7.12 Å². The minimum Gasteiger partial charge on any atom is -0.496 e. The number of methoxy groups -OCH3 is 1. The SMILES string of the molecule is COC1=C(C=O)C(F)(B2OC(C)(C)C(C)(C)O2)CC(c2ccccc2Cl)=C1. The van der Waals surface area contributed by atoms with Crippen LogP contribution >= 0.6 is 11.6 Å². The number of aldehydes is 1. The number of ether oxygens (including phenoxy) is 1. The van der Waals surface area contributed by atoms with Crippen LogP contribution in [0.5, 0.6) is 0 Å². The fraction of sp³-hybridized carbons (Fsp3) is 0.450. The van der Waals surface area contributed by atoms with Gasteiger partial charge in [0.05, 0.1) is 23.9 Å². The Morgan fingerprint density at radius 3 is 2.30 bits per heavy atom. The van der Waals surface area contributed by atoms with E-state index in [-0.39, 0.29) is 17.8 Å². The molecule has 1 fully saturated rings. The van der Waals surface area contributed by atoms with Crippen molar-refractivity contribution in [2.24, 2.45) is 0 Å². The van der Waals surface area contributed by atoms with Crippen LogP contribution in [0.2, 0.25) is 5.02 Å². The highest BCUT2D eigenvalue weighted by Gasteiger charge is 2.63. The molecule has 1 aliphatic heterocycles. The van der Waals surface area contributed by atoms with Crippen molar-refractivity contribution in [3.8, 4) is 0 Å². The van der Waals surface area contributed by atoms with Crippen LogP contribution in [0.4, 0.5) is 4.39 Å². The van der Waals surface area contributed by atoms with E-state index in [1.54, 1.807) is 24.3 Å². The molecule has 0 bridgehead atoms. The van der Waals surface area contributed by atoms with E-state index in [0.717, 1.165) is 0 Å². The zero-order chi connectivity index (χ0) is 20.0. The lowest BCUT2D eigenvalue weighted by molar-refractivity contribution is -0.106. The van der Waals surface area contributed by atoms with Gasteiger partial charge in [-0.25, -0.2) is 4.39 Å². The number of rotatable bonds is 4. The molecule has 0 aromatic heterocycles. The fourth-order valence-corrected chi connectivity index (χ4v) is 3.58. The molecule has 144 valence electrons. The summed E-state index contributed by atoms with van der Waals surface area (Å²) >= 11 is 6.31. The quantitative estimate of drug-likeness (QED) is 0.556. The van der Waals surface area contributed by atoms with Gasteiger partial charge in [-0.2, -0.15) is 0 Å². The summed E-state index contributed by atoms with van der Waals surface area (Å²) in [6.45, 7) is 7.36. The first-order valence-electron chi connectivity index (χ1n) is 8.79. The Balaban J connectivity index is 2.11. The number of halogens is 2. The first-order valence-corrected chi connectivity index (χ1v) is 9.17. The lowest BCUT2D eigenvalue weighted by Crippen LogP contribution is -2.48. The summed E-state index contributed by atoms with van der Waals surface area (Å²) in [7, 11) is 0.147. The smallest absolute Gasteiger partial charge is 0.496 e. The lowest BCUT2D eigenvalue weighted by Gasteiger charge is -2.33. The maximum Gasteiger partial charge on any atom is 0.503 e. The Morgan fingerprint density at radius 2 is 1.78 bits per heavy atom. The van der Waals surface area contributed by atoms with Gasteiger partial charge in [0, 0.05) is 11.4 Å². The molecule has 3 rings (SSSR count). The fourth-order valence-electron chi connectivity index (χ4n) is 3.32. The molecule has 0 amide bonds.